The molecule has 0 radical (unpaired) electrons. The first-order chi connectivity index (χ1) is 12.9. The number of hydrogen-bond acceptors (Lipinski definition) is 5. The first-order valence-electron chi connectivity index (χ1n) is 8.26. The van der Waals surface area contributed by atoms with Gasteiger partial charge in [0.1, 0.15) is 0 Å². The number of nitro groups is 1. The fourth-order valence-corrected chi connectivity index (χ4v) is 2.75. The van der Waals surface area contributed by atoms with Crippen LogP contribution in [0.25, 0.3) is 0 Å². The Morgan fingerprint density at radius 1 is 1.26 bits per heavy atom. The van der Waals surface area contributed by atoms with Crippen molar-refractivity contribution in [3.63, 3.8) is 0 Å². The molecule has 0 unspecified atom stereocenters. The summed E-state index contributed by atoms with van der Waals surface area (Å²) < 4.78 is 1.92. The van der Waals surface area contributed by atoms with Gasteiger partial charge in [-0.2, -0.15) is 0 Å². The Hall–Kier alpha value is -3.68. The molecule has 0 saturated heterocycles. The Balaban J connectivity index is 1.85. The number of rotatable bonds is 6. The number of imidazole rings is 1. The first-order valence-corrected chi connectivity index (χ1v) is 8.26. The van der Waals surface area contributed by atoms with Crippen LogP contribution in [-0.2, 0) is 6.54 Å². The Morgan fingerprint density at radius 3 is 2.74 bits per heavy atom. The van der Waals surface area contributed by atoms with E-state index in [0.29, 0.717) is 17.9 Å². The zero-order valence-electron chi connectivity index (χ0n) is 15.0. The number of carbonyl (C=O) groups is 1. The van der Waals surface area contributed by atoms with Crippen LogP contribution in [0, 0.1) is 10.1 Å². The zero-order chi connectivity index (χ0) is 19.4. The molecule has 8 heteroatoms. The van der Waals surface area contributed by atoms with Gasteiger partial charge in [-0.05, 0) is 23.8 Å². The molecule has 0 saturated carbocycles. The fourth-order valence-electron chi connectivity index (χ4n) is 2.75. The lowest BCUT2D eigenvalue weighted by Crippen LogP contribution is -2.19. The minimum absolute atomic E-state index is 0.125. The second-order valence-corrected chi connectivity index (χ2v) is 6.24. The molecular weight excluding hydrogens is 346 g/mol. The molecule has 1 aromatic heterocycles. The van der Waals surface area contributed by atoms with Crippen LogP contribution in [0.3, 0.4) is 0 Å². The van der Waals surface area contributed by atoms with Crippen molar-refractivity contribution in [1.82, 2.24) is 9.55 Å². The molecule has 27 heavy (non-hydrogen) atoms. The summed E-state index contributed by atoms with van der Waals surface area (Å²) in [6.07, 6.45) is 5.28. The Kier molecular flexibility index (Phi) is 5.16. The Morgan fingerprint density at radius 2 is 2.07 bits per heavy atom. The highest BCUT2D eigenvalue weighted by molar-refractivity contribution is 6.08. The summed E-state index contributed by atoms with van der Waals surface area (Å²) in [5, 5.41) is 13.9. The van der Waals surface area contributed by atoms with E-state index in [4.69, 9.17) is 0 Å². The van der Waals surface area contributed by atoms with Gasteiger partial charge in [0.25, 0.3) is 11.6 Å². The molecule has 0 aliphatic rings. The van der Waals surface area contributed by atoms with Crippen LogP contribution in [0.4, 0.5) is 17.1 Å². The summed E-state index contributed by atoms with van der Waals surface area (Å²) in [6, 6.07) is 11.7. The second kappa shape index (κ2) is 7.69. The van der Waals surface area contributed by atoms with E-state index in [1.54, 1.807) is 43.7 Å². The predicted molar refractivity (Wildman–Crippen MR) is 103 cm³/mol. The molecule has 0 bridgehead atoms. The third-order valence-corrected chi connectivity index (χ3v) is 4.03. The van der Waals surface area contributed by atoms with E-state index in [-0.39, 0.29) is 11.3 Å². The van der Waals surface area contributed by atoms with E-state index < -0.39 is 10.8 Å². The molecule has 2 aromatic carbocycles. The number of nitro benzene ring substituents is 1. The zero-order valence-corrected chi connectivity index (χ0v) is 15.0. The number of hydrogen-bond donors (Lipinski definition) is 1. The molecule has 1 heterocycles. The average molecular weight is 365 g/mol. The lowest BCUT2D eigenvalue weighted by atomic mass is 10.1. The quantitative estimate of drug-likeness (QED) is 0.535. The Labute approximate surface area is 156 Å². The molecule has 8 nitrogen and oxygen atoms in total. The van der Waals surface area contributed by atoms with Gasteiger partial charge in [-0.25, -0.2) is 4.98 Å². The van der Waals surface area contributed by atoms with E-state index in [2.05, 4.69) is 10.3 Å². The van der Waals surface area contributed by atoms with Crippen LogP contribution in [0.1, 0.15) is 15.9 Å². The maximum absolute atomic E-state index is 12.8. The highest BCUT2D eigenvalue weighted by atomic mass is 16.6. The lowest BCUT2D eigenvalue weighted by Gasteiger charge is -2.17. The highest BCUT2D eigenvalue weighted by Gasteiger charge is 2.18. The maximum atomic E-state index is 12.8. The smallest absolute Gasteiger partial charge is 0.270 e. The van der Waals surface area contributed by atoms with E-state index in [1.165, 1.54) is 12.1 Å². The van der Waals surface area contributed by atoms with Crippen molar-refractivity contribution >= 4 is 23.0 Å². The van der Waals surface area contributed by atoms with Crippen LogP contribution < -0.4 is 10.2 Å². The number of nitrogens with zero attached hydrogens (tertiary/aromatic N) is 4. The van der Waals surface area contributed by atoms with Gasteiger partial charge in [0, 0.05) is 56.5 Å². The van der Waals surface area contributed by atoms with E-state index >= 15 is 0 Å². The average Bonchev–Trinajstić information content (AvgIpc) is 3.14. The fraction of sp³-hybridized carbons (Fsp3) is 0.158. The molecule has 0 aliphatic heterocycles. The van der Waals surface area contributed by atoms with Crippen molar-refractivity contribution in [3.8, 4) is 0 Å². The summed E-state index contributed by atoms with van der Waals surface area (Å²) in [5.41, 5.74) is 2.34. The van der Waals surface area contributed by atoms with Crippen LogP contribution in [-0.4, -0.2) is 34.5 Å². The van der Waals surface area contributed by atoms with Crippen molar-refractivity contribution in [3.05, 3.63) is 82.4 Å². The van der Waals surface area contributed by atoms with E-state index in [1.807, 2.05) is 29.0 Å². The molecule has 138 valence electrons. The van der Waals surface area contributed by atoms with Crippen molar-refractivity contribution in [1.29, 1.82) is 0 Å². The minimum Gasteiger partial charge on any atom is -0.377 e. The molecule has 0 fully saturated rings. The number of benzene rings is 2. The number of carbonyl (C=O) groups excluding carboxylic acids is 1. The van der Waals surface area contributed by atoms with Crippen LogP contribution in [0.2, 0.25) is 0 Å². The van der Waals surface area contributed by atoms with Crippen molar-refractivity contribution in [2.75, 3.05) is 24.3 Å². The highest BCUT2D eigenvalue weighted by Crippen LogP contribution is 2.25. The molecule has 3 rings (SSSR count). The summed E-state index contributed by atoms with van der Waals surface area (Å²) in [6.45, 7) is 0.628. The minimum atomic E-state index is -0.512. The van der Waals surface area contributed by atoms with Crippen LogP contribution in [0.5, 0.6) is 0 Å². The van der Waals surface area contributed by atoms with Crippen molar-refractivity contribution in [2.45, 2.75) is 6.54 Å². The van der Waals surface area contributed by atoms with Gasteiger partial charge >= 0.3 is 0 Å². The molecule has 0 spiro atoms. The van der Waals surface area contributed by atoms with Crippen molar-refractivity contribution in [2.24, 2.45) is 0 Å². The van der Waals surface area contributed by atoms with Gasteiger partial charge < -0.3 is 14.8 Å². The van der Waals surface area contributed by atoms with Gasteiger partial charge in [0.05, 0.1) is 16.8 Å². The third kappa shape index (κ3) is 4.30. The largest absolute Gasteiger partial charge is 0.377 e. The molecule has 1 N–H and O–H groups in total. The Bertz CT molecular complexity index is 967. The topological polar surface area (TPSA) is 93.3 Å². The third-order valence-electron chi connectivity index (χ3n) is 4.03. The molecule has 0 atom stereocenters. The molecule has 3 aromatic rings. The summed E-state index contributed by atoms with van der Waals surface area (Å²) in [5.74, 6) is -0.401. The number of aromatic nitrogens is 2. The van der Waals surface area contributed by atoms with Gasteiger partial charge in [-0.1, -0.05) is 12.1 Å². The first kappa shape index (κ1) is 18.1. The number of amides is 1. The summed E-state index contributed by atoms with van der Waals surface area (Å²) >= 11 is 0. The maximum Gasteiger partial charge on any atom is 0.270 e. The second-order valence-electron chi connectivity index (χ2n) is 6.24. The number of nitrogens with one attached hydrogen (secondary N) is 1. The molecule has 0 aliphatic carbocycles. The standard InChI is InChI=1S/C19H19N5O3/c1-22(2)18-7-6-16(24(26)27)11-17(18)19(25)21-15-5-3-4-14(10-15)12-23-9-8-20-13-23/h3-11,13H,12H2,1-2H3,(H,21,25). The van der Waals surface area contributed by atoms with Gasteiger partial charge in [0.15, 0.2) is 0 Å². The van der Waals surface area contributed by atoms with Crippen LogP contribution in [0.15, 0.2) is 61.2 Å². The van der Waals surface area contributed by atoms with Gasteiger partial charge in [-0.15, -0.1) is 0 Å². The van der Waals surface area contributed by atoms with Crippen molar-refractivity contribution < 1.29 is 9.72 Å². The predicted octanol–water partition coefficient (Wildman–Crippen LogP) is 3.16. The molecule has 1 amide bonds. The lowest BCUT2D eigenvalue weighted by molar-refractivity contribution is -0.384. The van der Waals surface area contributed by atoms with Gasteiger partial charge in [-0.3, -0.25) is 14.9 Å². The monoisotopic (exact) mass is 365 g/mol. The van der Waals surface area contributed by atoms with Crippen LogP contribution >= 0.6 is 0 Å². The SMILES string of the molecule is CN(C)c1ccc([N+](=O)[O-])cc1C(=O)Nc1cccc(Cn2ccnc2)c1. The molecular formula is C19H19N5O3. The van der Waals surface area contributed by atoms with E-state index in [9.17, 15) is 14.9 Å². The summed E-state index contributed by atoms with van der Waals surface area (Å²) in [7, 11) is 3.56. The summed E-state index contributed by atoms with van der Waals surface area (Å²) in [4.78, 5) is 29.1. The van der Waals surface area contributed by atoms with E-state index in [0.717, 1.165) is 5.56 Å². The normalized spacial score (nSPS) is 10.4. The number of anilines is 2. The number of non-ortho nitro benzene ring substituents is 1. The van der Waals surface area contributed by atoms with Gasteiger partial charge in [0.2, 0.25) is 0 Å².